The van der Waals surface area contributed by atoms with Crippen LogP contribution in [-0.4, -0.2) is 35.8 Å². The lowest BCUT2D eigenvalue weighted by atomic mass is 9.73. The highest BCUT2D eigenvalue weighted by atomic mass is 16.5. The van der Waals surface area contributed by atoms with Crippen molar-refractivity contribution in [3.8, 4) is 0 Å². The maximum Gasteiger partial charge on any atom is 0.120 e. The van der Waals surface area contributed by atoms with Gasteiger partial charge in [0.25, 0.3) is 0 Å². The van der Waals surface area contributed by atoms with Crippen LogP contribution in [0.5, 0.6) is 0 Å². The lowest BCUT2D eigenvalue weighted by molar-refractivity contribution is -0.196. The molecule has 1 aromatic rings. The molecule has 17 heavy (non-hydrogen) atoms. The summed E-state index contributed by atoms with van der Waals surface area (Å²) in [5.74, 6) is 0. The number of likely N-dealkylation sites (tertiary alicyclic amines) is 1. The van der Waals surface area contributed by atoms with E-state index in [0.29, 0.717) is 13.0 Å². The van der Waals surface area contributed by atoms with Crippen molar-refractivity contribution < 1.29 is 9.84 Å². The Labute approximate surface area is 103 Å². The molecule has 1 N–H and O–H groups in total. The number of methoxy groups -OCH3 is 1. The van der Waals surface area contributed by atoms with Gasteiger partial charge in [0.15, 0.2) is 0 Å². The van der Waals surface area contributed by atoms with Crippen molar-refractivity contribution >= 4 is 0 Å². The molecule has 0 aromatic heterocycles. The Morgan fingerprint density at radius 1 is 1.35 bits per heavy atom. The zero-order valence-electron chi connectivity index (χ0n) is 10.5. The van der Waals surface area contributed by atoms with Gasteiger partial charge in [-0.2, -0.15) is 0 Å². The highest BCUT2D eigenvalue weighted by molar-refractivity contribution is 5.27. The number of benzene rings is 1. The molecule has 0 amide bonds. The van der Waals surface area contributed by atoms with E-state index in [-0.39, 0.29) is 0 Å². The van der Waals surface area contributed by atoms with E-state index < -0.39 is 11.2 Å². The Hall–Kier alpha value is -0.900. The summed E-state index contributed by atoms with van der Waals surface area (Å²) in [4.78, 5) is 1.95. The van der Waals surface area contributed by atoms with Crippen LogP contribution in [0.3, 0.4) is 0 Å². The number of ether oxygens (including phenoxy) is 1. The number of nitrogens with zero attached hydrogens (tertiary/aromatic N) is 1. The van der Waals surface area contributed by atoms with Crippen molar-refractivity contribution in [1.82, 2.24) is 4.90 Å². The van der Waals surface area contributed by atoms with Crippen molar-refractivity contribution in [3.63, 3.8) is 0 Å². The first-order valence-corrected chi connectivity index (χ1v) is 5.90. The number of rotatable bonds is 2. The topological polar surface area (TPSA) is 32.7 Å². The summed E-state index contributed by atoms with van der Waals surface area (Å²) in [5, 5.41) is 11.0. The van der Waals surface area contributed by atoms with Crippen LogP contribution in [0, 0.1) is 7.05 Å². The van der Waals surface area contributed by atoms with Crippen molar-refractivity contribution in [3.05, 3.63) is 42.9 Å². The fourth-order valence-corrected chi connectivity index (χ4v) is 2.62. The van der Waals surface area contributed by atoms with E-state index in [9.17, 15) is 5.11 Å². The summed E-state index contributed by atoms with van der Waals surface area (Å²) in [7, 11) is 5.59. The van der Waals surface area contributed by atoms with Gasteiger partial charge >= 0.3 is 0 Å². The highest BCUT2D eigenvalue weighted by Gasteiger charge is 2.50. The molecular weight excluding hydrogens is 214 g/mol. The molecule has 1 fully saturated rings. The Morgan fingerprint density at radius 2 is 2.00 bits per heavy atom. The van der Waals surface area contributed by atoms with Gasteiger partial charge in [-0.3, -0.25) is 7.05 Å². The molecule has 1 aliphatic rings. The molecule has 3 heteroatoms. The fourth-order valence-electron chi connectivity index (χ4n) is 2.62. The van der Waals surface area contributed by atoms with E-state index >= 15 is 0 Å². The lowest BCUT2D eigenvalue weighted by Crippen LogP contribution is -2.61. The Bertz CT molecular complexity index is 381. The summed E-state index contributed by atoms with van der Waals surface area (Å²) in [6, 6.07) is 9.75. The van der Waals surface area contributed by atoms with Gasteiger partial charge in [0, 0.05) is 13.7 Å². The molecule has 1 aliphatic heterocycles. The lowest BCUT2D eigenvalue weighted by Gasteiger charge is -2.53. The molecule has 0 bridgehead atoms. The fraction of sp³-hybridized carbons (Fsp3) is 0.500. The predicted octanol–water partition coefficient (Wildman–Crippen LogP) is 1.78. The molecule has 3 nitrogen and oxygen atoms in total. The normalized spacial score (nSPS) is 34.8. The zero-order valence-corrected chi connectivity index (χ0v) is 10.5. The third-order valence-electron chi connectivity index (χ3n) is 3.89. The SMILES string of the molecule is [CH2-]N1CCC(O)(c2ccccc2)C(C)(OC)C1. The molecule has 2 unspecified atom stereocenters. The summed E-state index contributed by atoms with van der Waals surface area (Å²) >= 11 is 0. The summed E-state index contributed by atoms with van der Waals surface area (Å²) in [6.45, 7) is 3.33. The van der Waals surface area contributed by atoms with Crippen molar-refractivity contribution in [2.24, 2.45) is 0 Å². The van der Waals surface area contributed by atoms with Crippen molar-refractivity contribution in [1.29, 1.82) is 0 Å². The van der Waals surface area contributed by atoms with Crippen molar-refractivity contribution in [2.45, 2.75) is 24.5 Å². The van der Waals surface area contributed by atoms with Crippen LogP contribution in [0.1, 0.15) is 18.9 Å². The van der Waals surface area contributed by atoms with Gasteiger partial charge < -0.3 is 14.7 Å². The molecule has 1 saturated heterocycles. The maximum absolute atomic E-state index is 11.0. The van der Waals surface area contributed by atoms with Crippen LogP contribution in [-0.2, 0) is 10.3 Å². The van der Waals surface area contributed by atoms with Gasteiger partial charge in [-0.05, 0) is 25.5 Å². The summed E-state index contributed by atoms with van der Waals surface area (Å²) in [6.07, 6.45) is 0.630. The maximum atomic E-state index is 11.0. The van der Waals surface area contributed by atoms with Crippen molar-refractivity contribution in [2.75, 3.05) is 20.2 Å². The van der Waals surface area contributed by atoms with Crippen LogP contribution >= 0.6 is 0 Å². The van der Waals surface area contributed by atoms with E-state index in [1.165, 1.54) is 0 Å². The van der Waals surface area contributed by atoms with Gasteiger partial charge in [-0.15, -0.1) is 0 Å². The third-order valence-corrected chi connectivity index (χ3v) is 3.89. The Kier molecular flexibility index (Phi) is 3.25. The van der Waals surface area contributed by atoms with Crippen LogP contribution in [0.25, 0.3) is 0 Å². The molecule has 0 saturated carbocycles. The number of hydrogen-bond acceptors (Lipinski definition) is 3. The van der Waals surface area contributed by atoms with Crippen LogP contribution in [0.15, 0.2) is 30.3 Å². The molecule has 0 spiro atoms. The average Bonchev–Trinajstić information content (AvgIpc) is 2.35. The number of aliphatic hydroxyl groups is 1. The third kappa shape index (κ3) is 1.99. The van der Waals surface area contributed by atoms with Crippen LogP contribution in [0.4, 0.5) is 0 Å². The molecule has 2 atom stereocenters. The minimum absolute atomic E-state index is 0.620. The molecule has 0 aliphatic carbocycles. The minimum Gasteiger partial charge on any atom is -0.457 e. The van der Waals surface area contributed by atoms with Gasteiger partial charge in [0.1, 0.15) is 11.2 Å². The van der Waals surface area contributed by atoms with Gasteiger partial charge in [0.2, 0.25) is 0 Å². The summed E-state index contributed by atoms with van der Waals surface area (Å²) in [5.41, 5.74) is -0.664. The van der Waals surface area contributed by atoms with E-state index in [1.807, 2.05) is 42.2 Å². The number of hydrogen-bond donors (Lipinski definition) is 1. The van der Waals surface area contributed by atoms with E-state index in [4.69, 9.17) is 4.74 Å². The second-order valence-corrected chi connectivity index (χ2v) is 4.96. The van der Waals surface area contributed by atoms with Gasteiger partial charge in [0.05, 0.1) is 0 Å². The second kappa shape index (κ2) is 4.41. The van der Waals surface area contributed by atoms with Crippen LogP contribution < -0.4 is 0 Å². The molecule has 94 valence electrons. The first-order valence-electron chi connectivity index (χ1n) is 5.90. The molecule has 0 radical (unpaired) electrons. The molecule has 1 heterocycles. The quantitative estimate of drug-likeness (QED) is 0.792. The molecule has 1 aromatic carbocycles. The van der Waals surface area contributed by atoms with E-state index in [2.05, 4.69) is 7.05 Å². The first-order chi connectivity index (χ1) is 8.02. The highest BCUT2D eigenvalue weighted by Crippen LogP contribution is 2.41. The first kappa shape index (κ1) is 12.6. The molecule has 2 rings (SSSR count). The second-order valence-electron chi connectivity index (χ2n) is 4.96. The zero-order chi connectivity index (χ0) is 12.5. The van der Waals surface area contributed by atoms with E-state index in [1.54, 1.807) is 7.11 Å². The summed E-state index contributed by atoms with van der Waals surface area (Å²) < 4.78 is 5.59. The number of piperidine rings is 1. The van der Waals surface area contributed by atoms with Crippen LogP contribution in [0.2, 0.25) is 0 Å². The predicted molar refractivity (Wildman–Crippen MR) is 67.3 cm³/mol. The monoisotopic (exact) mass is 234 g/mol. The Morgan fingerprint density at radius 3 is 2.59 bits per heavy atom. The van der Waals surface area contributed by atoms with Gasteiger partial charge in [-0.25, -0.2) is 0 Å². The molecular formula is C14H20NO2-. The smallest absolute Gasteiger partial charge is 0.120 e. The van der Waals surface area contributed by atoms with Gasteiger partial charge in [-0.1, -0.05) is 30.3 Å². The minimum atomic E-state index is -0.947. The Balaban J connectivity index is 2.41. The van der Waals surface area contributed by atoms with E-state index in [0.717, 1.165) is 12.1 Å². The largest absolute Gasteiger partial charge is 0.457 e. The average molecular weight is 234 g/mol. The standard InChI is InChI=1S/C14H20NO2/c1-13(17-3)11-15(2)10-9-14(13,16)12-7-5-4-6-8-12/h4-8,16H,2,9-11H2,1,3H3/q-1.